The first-order valence-electron chi connectivity index (χ1n) is 9.65. The molecule has 1 atom stereocenters. The molecule has 1 amide bonds. The number of halogens is 1. The Balaban J connectivity index is 1.77. The van der Waals surface area contributed by atoms with Gasteiger partial charge in [-0.25, -0.2) is 8.42 Å². The number of anilines is 1. The zero-order valence-electron chi connectivity index (χ0n) is 16.5. The summed E-state index contributed by atoms with van der Waals surface area (Å²) in [5, 5.41) is 2.94. The maximum absolute atomic E-state index is 13.2. The predicted molar refractivity (Wildman–Crippen MR) is 114 cm³/mol. The molecular formula is C21H25ClN2O4S. The third-order valence-electron chi connectivity index (χ3n) is 4.94. The molecule has 29 heavy (non-hydrogen) atoms. The number of aryl methyl sites for hydroxylation is 1. The zero-order chi connectivity index (χ0) is 21.0. The Bertz CT molecular complexity index is 994. The van der Waals surface area contributed by atoms with Gasteiger partial charge in [-0.15, -0.1) is 0 Å². The van der Waals surface area contributed by atoms with E-state index >= 15 is 0 Å². The van der Waals surface area contributed by atoms with E-state index in [4.69, 9.17) is 16.3 Å². The van der Waals surface area contributed by atoms with Crippen molar-refractivity contribution in [1.82, 2.24) is 5.32 Å². The van der Waals surface area contributed by atoms with Crippen LogP contribution < -0.4 is 14.4 Å². The van der Waals surface area contributed by atoms with E-state index in [1.54, 1.807) is 0 Å². The van der Waals surface area contributed by atoms with Crippen molar-refractivity contribution >= 4 is 33.2 Å². The Hall–Kier alpha value is -2.25. The molecule has 2 aromatic rings. The van der Waals surface area contributed by atoms with Crippen molar-refractivity contribution in [2.45, 2.75) is 44.0 Å². The maximum Gasteiger partial charge on any atom is 0.264 e. The minimum atomic E-state index is -3.75. The molecule has 0 aliphatic carbocycles. The third kappa shape index (κ3) is 4.85. The quantitative estimate of drug-likeness (QED) is 0.716. The van der Waals surface area contributed by atoms with E-state index in [-0.39, 0.29) is 34.2 Å². The SMILES string of the molecule is CC[C@@H](C)NC(=O)COc1ccc(S(=O)(=O)N2CCCc3ccccc32)cc1Cl. The van der Waals surface area contributed by atoms with Gasteiger partial charge in [0, 0.05) is 12.6 Å². The van der Waals surface area contributed by atoms with Gasteiger partial charge >= 0.3 is 0 Å². The largest absolute Gasteiger partial charge is 0.482 e. The van der Waals surface area contributed by atoms with E-state index in [2.05, 4.69) is 5.32 Å². The van der Waals surface area contributed by atoms with Crippen LogP contribution in [0.15, 0.2) is 47.4 Å². The second-order valence-corrected chi connectivity index (χ2v) is 9.34. The van der Waals surface area contributed by atoms with Gasteiger partial charge in [-0.2, -0.15) is 0 Å². The highest BCUT2D eigenvalue weighted by Gasteiger charge is 2.29. The van der Waals surface area contributed by atoms with Crippen LogP contribution in [0.2, 0.25) is 5.02 Å². The summed E-state index contributed by atoms with van der Waals surface area (Å²) in [7, 11) is -3.75. The molecule has 0 bridgehead atoms. The minimum Gasteiger partial charge on any atom is -0.482 e. The lowest BCUT2D eigenvalue weighted by Crippen LogP contribution is -2.35. The van der Waals surface area contributed by atoms with Gasteiger partial charge in [0.05, 0.1) is 15.6 Å². The normalized spacial score (nSPS) is 14.8. The van der Waals surface area contributed by atoms with Crippen molar-refractivity contribution in [3.8, 4) is 5.75 Å². The van der Waals surface area contributed by atoms with Crippen LogP contribution in [0.1, 0.15) is 32.3 Å². The standard InChI is InChI=1S/C21H25ClN2O4S/c1-3-15(2)23-21(25)14-28-20-11-10-17(13-18(20)22)29(26,27)24-12-6-8-16-7-4-5-9-19(16)24/h4-5,7,9-11,13,15H,3,6,8,12,14H2,1-2H3,(H,23,25)/t15-/m1/s1. The number of carbonyl (C=O) groups is 1. The summed E-state index contributed by atoms with van der Waals surface area (Å²) >= 11 is 6.25. The fraction of sp³-hybridized carbons (Fsp3) is 0.381. The van der Waals surface area contributed by atoms with E-state index in [0.29, 0.717) is 12.2 Å². The number of hydrogen-bond acceptors (Lipinski definition) is 4. The van der Waals surface area contributed by atoms with Crippen molar-refractivity contribution < 1.29 is 17.9 Å². The topological polar surface area (TPSA) is 75.7 Å². The molecule has 0 aromatic heterocycles. The fourth-order valence-corrected chi connectivity index (χ4v) is 5.06. The Kier molecular flexibility index (Phi) is 6.70. The molecule has 3 rings (SSSR count). The number of sulfonamides is 1. The highest BCUT2D eigenvalue weighted by atomic mass is 35.5. The van der Waals surface area contributed by atoms with E-state index in [9.17, 15) is 13.2 Å². The van der Waals surface area contributed by atoms with Crippen molar-refractivity contribution in [3.63, 3.8) is 0 Å². The van der Waals surface area contributed by atoms with Crippen LogP contribution in [0.3, 0.4) is 0 Å². The lowest BCUT2D eigenvalue weighted by molar-refractivity contribution is -0.123. The summed E-state index contributed by atoms with van der Waals surface area (Å²) in [5.74, 6) is 0.0148. The molecular weight excluding hydrogens is 412 g/mol. The molecule has 156 valence electrons. The van der Waals surface area contributed by atoms with E-state index in [1.165, 1.54) is 22.5 Å². The van der Waals surface area contributed by atoms with Crippen LogP contribution in [-0.2, 0) is 21.2 Å². The average molecular weight is 437 g/mol. The first-order valence-corrected chi connectivity index (χ1v) is 11.5. The van der Waals surface area contributed by atoms with Crippen molar-refractivity contribution in [1.29, 1.82) is 0 Å². The summed E-state index contributed by atoms with van der Waals surface area (Å²) < 4.78 is 33.3. The summed E-state index contributed by atoms with van der Waals surface area (Å²) in [4.78, 5) is 12.0. The van der Waals surface area contributed by atoms with Gasteiger partial charge in [0.2, 0.25) is 0 Å². The molecule has 1 N–H and O–H groups in total. The van der Waals surface area contributed by atoms with Gasteiger partial charge in [-0.1, -0.05) is 36.7 Å². The molecule has 1 aliphatic rings. The molecule has 0 fully saturated rings. The smallest absolute Gasteiger partial charge is 0.264 e. The molecule has 6 nitrogen and oxygen atoms in total. The third-order valence-corrected chi connectivity index (χ3v) is 7.04. The van der Waals surface area contributed by atoms with Crippen LogP contribution in [0.4, 0.5) is 5.69 Å². The number of rotatable bonds is 7. The van der Waals surface area contributed by atoms with Crippen LogP contribution in [0.5, 0.6) is 5.75 Å². The van der Waals surface area contributed by atoms with Gasteiger partial charge in [0.15, 0.2) is 6.61 Å². The Morgan fingerprint density at radius 3 is 2.76 bits per heavy atom. The molecule has 0 spiro atoms. The minimum absolute atomic E-state index is 0.0570. The highest BCUT2D eigenvalue weighted by molar-refractivity contribution is 7.92. The maximum atomic E-state index is 13.2. The van der Waals surface area contributed by atoms with Crippen molar-refractivity contribution in [2.75, 3.05) is 17.5 Å². The van der Waals surface area contributed by atoms with Crippen LogP contribution in [0.25, 0.3) is 0 Å². The van der Waals surface area contributed by atoms with Crippen molar-refractivity contribution in [3.05, 3.63) is 53.1 Å². The summed E-state index contributed by atoms with van der Waals surface area (Å²) in [6.07, 6.45) is 2.43. The first kappa shape index (κ1) is 21.5. The summed E-state index contributed by atoms with van der Waals surface area (Å²) in [5.41, 5.74) is 1.72. The molecule has 2 aromatic carbocycles. The Morgan fingerprint density at radius 2 is 2.03 bits per heavy atom. The number of para-hydroxylation sites is 1. The molecule has 8 heteroatoms. The lowest BCUT2D eigenvalue weighted by atomic mass is 10.0. The second-order valence-electron chi connectivity index (χ2n) is 7.07. The Labute approximate surface area is 176 Å². The van der Waals surface area contributed by atoms with Crippen molar-refractivity contribution in [2.24, 2.45) is 0 Å². The number of ether oxygens (including phenoxy) is 1. The number of fused-ring (bicyclic) bond motifs is 1. The number of amides is 1. The molecule has 1 heterocycles. The van der Waals surface area contributed by atoms with Gasteiger partial charge in [0.1, 0.15) is 5.75 Å². The Morgan fingerprint density at radius 1 is 1.28 bits per heavy atom. The monoisotopic (exact) mass is 436 g/mol. The molecule has 1 aliphatic heterocycles. The van der Waals surface area contributed by atoms with Gasteiger partial charge < -0.3 is 10.1 Å². The molecule has 0 unspecified atom stereocenters. The number of nitrogens with zero attached hydrogens (tertiary/aromatic N) is 1. The molecule has 0 saturated carbocycles. The fourth-order valence-electron chi connectivity index (χ4n) is 3.20. The molecule has 0 radical (unpaired) electrons. The first-order chi connectivity index (χ1) is 13.8. The average Bonchev–Trinajstić information content (AvgIpc) is 2.72. The molecule has 0 saturated heterocycles. The van der Waals surface area contributed by atoms with E-state index in [0.717, 1.165) is 24.8 Å². The second kappa shape index (κ2) is 9.05. The van der Waals surface area contributed by atoms with E-state index in [1.807, 2.05) is 38.1 Å². The van der Waals surface area contributed by atoms with Crippen LogP contribution in [-0.4, -0.2) is 33.5 Å². The van der Waals surface area contributed by atoms with Gasteiger partial charge in [-0.05, 0) is 56.0 Å². The number of hydrogen-bond donors (Lipinski definition) is 1. The summed E-state index contributed by atoms with van der Waals surface area (Å²) in [6.45, 7) is 4.12. The van der Waals surface area contributed by atoms with E-state index < -0.39 is 10.0 Å². The lowest BCUT2D eigenvalue weighted by Gasteiger charge is -2.30. The summed E-state index contributed by atoms with van der Waals surface area (Å²) in [6, 6.07) is 11.9. The van der Waals surface area contributed by atoms with Crippen LogP contribution >= 0.6 is 11.6 Å². The number of nitrogens with one attached hydrogen (secondary N) is 1. The predicted octanol–water partition coefficient (Wildman–Crippen LogP) is 3.78. The van der Waals surface area contributed by atoms with Crippen LogP contribution in [0, 0.1) is 0 Å². The van der Waals surface area contributed by atoms with Gasteiger partial charge in [-0.3, -0.25) is 9.10 Å². The highest BCUT2D eigenvalue weighted by Crippen LogP contribution is 2.34. The van der Waals surface area contributed by atoms with Gasteiger partial charge in [0.25, 0.3) is 15.9 Å². The zero-order valence-corrected chi connectivity index (χ0v) is 18.1. The number of carbonyl (C=O) groups excluding carboxylic acids is 1. The number of benzene rings is 2.